The van der Waals surface area contributed by atoms with Crippen LogP contribution < -0.4 is 5.32 Å². The lowest BCUT2D eigenvalue weighted by Gasteiger charge is -2.04. The van der Waals surface area contributed by atoms with Crippen molar-refractivity contribution in [2.24, 2.45) is 0 Å². The molecule has 0 bridgehead atoms. The molecule has 0 radical (unpaired) electrons. The molecule has 0 unspecified atom stereocenters. The Morgan fingerprint density at radius 3 is 2.94 bits per heavy atom. The first-order chi connectivity index (χ1) is 8.16. The largest absolute Gasteiger partial charge is 0.372 e. The molecule has 0 aliphatic heterocycles. The van der Waals surface area contributed by atoms with Gasteiger partial charge in [0.1, 0.15) is 11.5 Å². The standard InChI is InChI=1S/C10H8FN3O3/c11-7-1-2-10(14(15)16)9(5-7)12-6-8-3-4-13-17-8/h1-5,12H,6H2. The third-order valence-electron chi connectivity index (χ3n) is 2.10. The minimum absolute atomic E-state index is 0.103. The lowest BCUT2D eigenvalue weighted by atomic mass is 10.2. The SMILES string of the molecule is O=[N+]([O-])c1ccc(F)cc1NCc1ccno1. The Bertz CT molecular complexity index is 528. The fourth-order valence-electron chi connectivity index (χ4n) is 1.32. The third-order valence-corrected chi connectivity index (χ3v) is 2.10. The number of hydrogen-bond acceptors (Lipinski definition) is 5. The van der Waals surface area contributed by atoms with Gasteiger partial charge in [-0.25, -0.2) is 4.39 Å². The van der Waals surface area contributed by atoms with Crippen LogP contribution in [0.1, 0.15) is 5.76 Å². The van der Waals surface area contributed by atoms with Gasteiger partial charge in [0.25, 0.3) is 5.69 Å². The Morgan fingerprint density at radius 1 is 1.47 bits per heavy atom. The highest BCUT2D eigenvalue weighted by Crippen LogP contribution is 2.25. The van der Waals surface area contributed by atoms with Crippen LogP contribution >= 0.6 is 0 Å². The van der Waals surface area contributed by atoms with Crippen LogP contribution in [0.5, 0.6) is 0 Å². The van der Waals surface area contributed by atoms with Crippen molar-refractivity contribution in [1.82, 2.24) is 5.16 Å². The van der Waals surface area contributed by atoms with Crippen LogP contribution in [0.4, 0.5) is 15.8 Å². The highest BCUT2D eigenvalue weighted by molar-refractivity contribution is 5.61. The third kappa shape index (κ3) is 2.57. The zero-order chi connectivity index (χ0) is 12.3. The number of rotatable bonds is 4. The first kappa shape index (κ1) is 11.1. The zero-order valence-electron chi connectivity index (χ0n) is 8.59. The smallest absolute Gasteiger partial charge is 0.292 e. The molecule has 0 saturated carbocycles. The van der Waals surface area contributed by atoms with Crippen LogP contribution in [0.2, 0.25) is 0 Å². The van der Waals surface area contributed by atoms with E-state index in [1.165, 1.54) is 6.20 Å². The molecular formula is C10H8FN3O3. The van der Waals surface area contributed by atoms with Gasteiger partial charge in [-0.05, 0) is 6.07 Å². The Morgan fingerprint density at radius 2 is 2.29 bits per heavy atom. The zero-order valence-corrected chi connectivity index (χ0v) is 8.59. The van der Waals surface area contributed by atoms with Gasteiger partial charge in [0, 0.05) is 18.2 Å². The summed E-state index contributed by atoms with van der Waals surface area (Å²) in [7, 11) is 0. The van der Waals surface area contributed by atoms with Crippen molar-refractivity contribution in [2.75, 3.05) is 5.32 Å². The Balaban J connectivity index is 2.19. The molecule has 88 valence electrons. The molecule has 0 aliphatic rings. The van der Waals surface area contributed by atoms with Crippen molar-refractivity contribution in [3.63, 3.8) is 0 Å². The molecule has 1 heterocycles. The lowest BCUT2D eigenvalue weighted by Crippen LogP contribution is -2.02. The molecule has 7 heteroatoms. The molecule has 0 saturated heterocycles. The number of nitrogens with zero attached hydrogens (tertiary/aromatic N) is 2. The van der Waals surface area contributed by atoms with Gasteiger partial charge in [-0.15, -0.1) is 0 Å². The minimum atomic E-state index is -0.581. The van der Waals surface area contributed by atoms with Crippen molar-refractivity contribution in [2.45, 2.75) is 6.54 Å². The van der Waals surface area contributed by atoms with E-state index in [0.717, 1.165) is 18.2 Å². The Hall–Kier alpha value is -2.44. The summed E-state index contributed by atoms with van der Waals surface area (Å²) in [5, 5.41) is 16.9. The van der Waals surface area contributed by atoms with Crippen LogP contribution in [0, 0.1) is 15.9 Å². The number of benzene rings is 1. The van der Waals surface area contributed by atoms with Gasteiger partial charge in [-0.3, -0.25) is 10.1 Å². The van der Waals surface area contributed by atoms with Gasteiger partial charge in [0.15, 0.2) is 5.76 Å². The number of nitro groups is 1. The van der Waals surface area contributed by atoms with E-state index in [4.69, 9.17) is 4.52 Å². The van der Waals surface area contributed by atoms with Crippen LogP contribution in [0.15, 0.2) is 35.0 Å². The van der Waals surface area contributed by atoms with E-state index in [1.807, 2.05) is 0 Å². The van der Waals surface area contributed by atoms with E-state index in [9.17, 15) is 14.5 Å². The quantitative estimate of drug-likeness (QED) is 0.651. The molecule has 1 aromatic heterocycles. The van der Waals surface area contributed by atoms with Gasteiger partial charge in [0.05, 0.1) is 17.7 Å². The van der Waals surface area contributed by atoms with Crippen molar-refractivity contribution in [1.29, 1.82) is 0 Å². The van der Waals surface area contributed by atoms with Gasteiger partial charge >= 0.3 is 0 Å². The normalized spacial score (nSPS) is 10.2. The van der Waals surface area contributed by atoms with Crippen molar-refractivity contribution in [3.05, 3.63) is 52.2 Å². The predicted molar refractivity (Wildman–Crippen MR) is 56.9 cm³/mol. The van der Waals surface area contributed by atoms with E-state index in [2.05, 4.69) is 10.5 Å². The van der Waals surface area contributed by atoms with Gasteiger partial charge in [-0.2, -0.15) is 0 Å². The van der Waals surface area contributed by atoms with Crippen molar-refractivity contribution >= 4 is 11.4 Å². The maximum absolute atomic E-state index is 13.0. The summed E-state index contributed by atoms with van der Waals surface area (Å²) in [5.74, 6) is -0.0424. The Labute approximate surface area is 95.2 Å². The van der Waals surface area contributed by atoms with Crippen LogP contribution in [-0.2, 0) is 6.54 Å². The summed E-state index contributed by atoms with van der Waals surface area (Å²) in [5.41, 5.74) is -0.0858. The Kier molecular flexibility index (Phi) is 2.99. The number of anilines is 1. The predicted octanol–water partition coefficient (Wildman–Crippen LogP) is 2.33. The molecule has 0 amide bonds. The average Bonchev–Trinajstić information content (AvgIpc) is 2.78. The summed E-state index contributed by atoms with van der Waals surface area (Å²) in [6.07, 6.45) is 1.46. The van der Waals surface area contributed by atoms with E-state index in [1.54, 1.807) is 6.07 Å². The van der Waals surface area contributed by atoms with Gasteiger partial charge in [-0.1, -0.05) is 5.16 Å². The van der Waals surface area contributed by atoms with E-state index < -0.39 is 10.7 Å². The molecule has 0 atom stereocenters. The number of halogens is 1. The first-order valence-electron chi connectivity index (χ1n) is 4.74. The molecular weight excluding hydrogens is 229 g/mol. The monoisotopic (exact) mass is 237 g/mol. The first-order valence-corrected chi connectivity index (χ1v) is 4.74. The second kappa shape index (κ2) is 4.60. The fourth-order valence-corrected chi connectivity index (χ4v) is 1.32. The van der Waals surface area contributed by atoms with Gasteiger partial charge in [0.2, 0.25) is 0 Å². The summed E-state index contributed by atoms with van der Waals surface area (Å²) < 4.78 is 17.8. The maximum Gasteiger partial charge on any atom is 0.292 e. The fraction of sp³-hybridized carbons (Fsp3) is 0.100. The van der Waals surface area contributed by atoms with Crippen LogP contribution in [0.25, 0.3) is 0 Å². The number of hydrogen-bond donors (Lipinski definition) is 1. The molecule has 17 heavy (non-hydrogen) atoms. The summed E-state index contributed by atoms with van der Waals surface area (Å²) in [6.45, 7) is 0.199. The molecule has 0 fully saturated rings. The highest BCUT2D eigenvalue weighted by atomic mass is 19.1. The number of aromatic nitrogens is 1. The van der Waals surface area contributed by atoms with Crippen molar-refractivity contribution in [3.8, 4) is 0 Å². The lowest BCUT2D eigenvalue weighted by molar-refractivity contribution is -0.384. The molecule has 6 nitrogen and oxygen atoms in total. The second-order valence-electron chi connectivity index (χ2n) is 3.25. The summed E-state index contributed by atoms with van der Waals surface area (Å²) >= 11 is 0. The molecule has 1 aromatic carbocycles. The second-order valence-corrected chi connectivity index (χ2v) is 3.25. The van der Waals surface area contributed by atoms with Crippen molar-refractivity contribution < 1.29 is 13.8 Å². The summed E-state index contributed by atoms with van der Waals surface area (Å²) in [4.78, 5) is 10.1. The number of nitrogens with one attached hydrogen (secondary N) is 1. The molecule has 1 N–H and O–H groups in total. The maximum atomic E-state index is 13.0. The molecule has 0 spiro atoms. The topological polar surface area (TPSA) is 81.2 Å². The van der Waals surface area contributed by atoms with E-state index in [0.29, 0.717) is 5.76 Å². The minimum Gasteiger partial charge on any atom is -0.372 e. The van der Waals surface area contributed by atoms with E-state index >= 15 is 0 Å². The number of nitro benzene ring substituents is 1. The molecule has 2 aromatic rings. The highest BCUT2D eigenvalue weighted by Gasteiger charge is 2.14. The van der Waals surface area contributed by atoms with Gasteiger partial charge < -0.3 is 9.84 Å². The van der Waals surface area contributed by atoms with E-state index in [-0.39, 0.29) is 17.9 Å². The molecule has 0 aliphatic carbocycles. The summed E-state index contributed by atoms with van der Waals surface area (Å²) in [6, 6.07) is 4.82. The average molecular weight is 237 g/mol. The van der Waals surface area contributed by atoms with Crippen LogP contribution in [0.3, 0.4) is 0 Å². The molecule has 2 rings (SSSR count). The van der Waals surface area contributed by atoms with Crippen LogP contribution in [-0.4, -0.2) is 10.1 Å².